The van der Waals surface area contributed by atoms with Crippen LogP contribution in [0.25, 0.3) is 0 Å². The van der Waals surface area contributed by atoms with Crippen molar-refractivity contribution in [3.05, 3.63) is 29.3 Å². The van der Waals surface area contributed by atoms with E-state index in [-0.39, 0.29) is 0 Å². The fraction of sp³-hybridized carbons (Fsp3) is 0.455. The van der Waals surface area contributed by atoms with E-state index < -0.39 is 6.17 Å². The third-order valence-corrected chi connectivity index (χ3v) is 2.46. The van der Waals surface area contributed by atoms with E-state index in [1.54, 1.807) is 13.1 Å². The van der Waals surface area contributed by atoms with E-state index in [1.807, 2.05) is 12.1 Å². The molecule has 0 aromatic heterocycles. The molecule has 2 nitrogen and oxygen atoms in total. The summed E-state index contributed by atoms with van der Waals surface area (Å²) in [5, 5.41) is 2.83. The Bertz CT molecular complexity index is 327. The van der Waals surface area contributed by atoms with Gasteiger partial charge in [0.1, 0.15) is 11.9 Å². The predicted octanol–water partition coefficient (Wildman–Crippen LogP) is 1.85. The second-order valence-electron chi connectivity index (χ2n) is 3.49. The smallest absolute Gasteiger partial charge is 0.137 e. The van der Waals surface area contributed by atoms with E-state index in [1.165, 1.54) is 0 Å². The first-order valence-electron chi connectivity index (χ1n) is 4.85. The molecule has 2 rings (SSSR count). The molecule has 1 unspecified atom stereocenters. The molecule has 1 aliphatic rings. The van der Waals surface area contributed by atoms with Gasteiger partial charge in [0, 0.05) is 13.0 Å². The van der Waals surface area contributed by atoms with Crippen molar-refractivity contribution in [2.24, 2.45) is 0 Å². The second-order valence-corrected chi connectivity index (χ2v) is 3.49. The Balaban J connectivity index is 2.19. The van der Waals surface area contributed by atoms with Crippen LogP contribution >= 0.6 is 0 Å². The van der Waals surface area contributed by atoms with E-state index >= 15 is 0 Å². The van der Waals surface area contributed by atoms with Crippen molar-refractivity contribution in [1.29, 1.82) is 0 Å². The molecule has 0 saturated heterocycles. The third-order valence-electron chi connectivity index (χ3n) is 2.46. The molecule has 3 heteroatoms. The number of ether oxygens (including phenoxy) is 1. The van der Waals surface area contributed by atoms with Gasteiger partial charge in [0.25, 0.3) is 0 Å². The van der Waals surface area contributed by atoms with Crippen molar-refractivity contribution in [3.63, 3.8) is 0 Å². The number of rotatable bonds is 3. The summed E-state index contributed by atoms with van der Waals surface area (Å²) in [7, 11) is 1.75. The standard InChI is InChI=1S/C11H14FNO/c1-13-7-10(12)8-2-3-11-9(6-8)4-5-14-11/h2-3,6,10,13H,4-5,7H2,1H3. The lowest BCUT2D eigenvalue weighted by molar-refractivity contribution is 0.335. The number of fused-ring (bicyclic) bond motifs is 1. The average molecular weight is 195 g/mol. The van der Waals surface area contributed by atoms with Crippen LogP contribution in [0, 0.1) is 0 Å². The van der Waals surface area contributed by atoms with Crippen molar-refractivity contribution in [3.8, 4) is 5.75 Å². The van der Waals surface area contributed by atoms with Gasteiger partial charge in [0.15, 0.2) is 0 Å². The van der Waals surface area contributed by atoms with Gasteiger partial charge in [-0.15, -0.1) is 0 Å². The number of alkyl halides is 1. The maximum absolute atomic E-state index is 13.5. The van der Waals surface area contributed by atoms with Crippen LogP contribution in [0.15, 0.2) is 18.2 Å². The Morgan fingerprint density at radius 3 is 3.21 bits per heavy atom. The molecule has 0 bridgehead atoms. The van der Waals surface area contributed by atoms with Crippen molar-refractivity contribution < 1.29 is 9.13 Å². The quantitative estimate of drug-likeness (QED) is 0.794. The Kier molecular flexibility index (Phi) is 2.68. The summed E-state index contributed by atoms with van der Waals surface area (Å²) in [6.45, 7) is 1.08. The van der Waals surface area contributed by atoms with Crippen molar-refractivity contribution >= 4 is 0 Å². The molecule has 0 radical (unpaired) electrons. The summed E-state index contributed by atoms with van der Waals surface area (Å²) >= 11 is 0. The first-order chi connectivity index (χ1) is 6.81. The molecule has 1 N–H and O–H groups in total. The Hall–Kier alpha value is -1.09. The molecule has 1 aromatic carbocycles. The van der Waals surface area contributed by atoms with Gasteiger partial charge in [0.05, 0.1) is 6.61 Å². The molecule has 1 atom stereocenters. The highest BCUT2D eigenvalue weighted by Crippen LogP contribution is 2.28. The topological polar surface area (TPSA) is 21.3 Å². The number of benzene rings is 1. The summed E-state index contributed by atoms with van der Waals surface area (Å²) in [6, 6.07) is 5.57. The highest BCUT2D eigenvalue weighted by atomic mass is 19.1. The molecule has 0 spiro atoms. The van der Waals surface area contributed by atoms with E-state index in [2.05, 4.69) is 5.32 Å². The van der Waals surface area contributed by atoms with Gasteiger partial charge in [-0.2, -0.15) is 0 Å². The number of hydrogen-bond acceptors (Lipinski definition) is 2. The SMILES string of the molecule is CNCC(F)c1ccc2c(c1)CCO2. The zero-order valence-electron chi connectivity index (χ0n) is 8.22. The zero-order valence-corrected chi connectivity index (χ0v) is 8.22. The summed E-state index contributed by atoms with van der Waals surface area (Å²) in [5.74, 6) is 0.908. The van der Waals surface area contributed by atoms with E-state index in [0.29, 0.717) is 6.54 Å². The maximum atomic E-state index is 13.5. The second kappa shape index (κ2) is 3.96. The van der Waals surface area contributed by atoms with Gasteiger partial charge in [-0.1, -0.05) is 6.07 Å². The number of halogens is 1. The predicted molar refractivity (Wildman–Crippen MR) is 53.4 cm³/mol. The minimum Gasteiger partial charge on any atom is -0.493 e. The summed E-state index contributed by atoms with van der Waals surface area (Å²) < 4.78 is 18.9. The van der Waals surface area contributed by atoms with Gasteiger partial charge < -0.3 is 10.1 Å². The highest BCUT2D eigenvalue weighted by molar-refractivity contribution is 5.40. The van der Waals surface area contributed by atoms with E-state index in [9.17, 15) is 4.39 Å². The first kappa shape index (κ1) is 9.46. The Morgan fingerprint density at radius 1 is 1.57 bits per heavy atom. The lowest BCUT2D eigenvalue weighted by atomic mass is 10.1. The van der Waals surface area contributed by atoms with Crippen molar-refractivity contribution in [2.75, 3.05) is 20.2 Å². The molecule has 1 aromatic rings. The van der Waals surface area contributed by atoms with Crippen molar-refractivity contribution in [2.45, 2.75) is 12.6 Å². The van der Waals surface area contributed by atoms with Crippen LogP contribution in [-0.2, 0) is 6.42 Å². The van der Waals surface area contributed by atoms with E-state index in [4.69, 9.17) is 4.74 Å². The zero-order chi connectivity index (χ0) is 9.97. The summed E-state index contributed by atoms with van der Waals surface area (Å²) in [6.07, 6.45) is -0.0268. The molecule has 0 aliphatic carbocycles. The normalized spacial score (nSPS) is 16.1. The van der Waals surface area contributed by atoms with Gasteiger partial charge in [-0.25, -0.2) is 4.39 Å². The monoisotopic (exact) mass is 195 g/mol. The van der Waals surface area contributed by atoms with Crippen molar-refractivity contribution in [1.82, 2.24) is 5.32 Å². The van der Waals surface area contributed by atoms with Crippen LogP contribution in [0.5, 0.6) is 5.75 Å². The third kappa shape index (κ3) is 1.73. The minimum atomic E-state index is -0.925. The number of hydrogen-bond donors (Lipinski definition) is 1. The van der Waals surface area contributed by atoms with Crippen LogP contribution in [-0.4, -0.2) is 20.2 Å². The van der Waals surface area contributed by atoms with Crippen LogP contribution < -0.4 is 10.1 Å². The van der Waals surface area contributed by atoms with E-state index in [0.717, 1.165) is 29.9 Å². The molecule has 1 heterocycles. The Labute approximate surface area is 83.1 Å². The van der Waals surface area contributed by atoms with Crippen LogP contribution in [0.1, 0.15) is 17.3 Å². The molecule has 0 fully saturated rings. The van der Waals surface area contributed by atoms with Gasteiger partial charge in [0.2, 0.25) is 0 Å². The van der Waals surface area contributed by atoms with Crippen LogP contribution in [0.3, 0.4) is 0 Å². The molecular weight excluding hydrogens is 181 g/mol. The number of nitrogens with one attached hydrogen (secondary N) is 1. The van der Waals surface area contributed by atoms with Crippen LogP contribution in [0.4, 0.5) is 4.39 Å². The maximum Gasteiger partial charge on any atom is 0.137 e. The van der Waals surface area contributed by atoms with Gasteiger partial charge in [-0.05, 0) is 30.3 Å². The lowest BCUT2D eigenvalue weighted by Gasteiger charge is -2.08. The molecule has 0 amide bonds. The first-order valence-corrected chi connectivity index (χ1v) is 4.85. The molecule has 76 valence electrons. The number of likely N-dealkylation sites (N-methyl/N-ethyl adjacent to an activating group) is 1. The summed E-state index contributed by atoms with van der Waals surface area (Å²) in [5.41, 5.74) is 1.87. The van der Waals surface area contributed by atoms with Crippen LogP contribution in [0.2, 0.25) is 0 Å². The largest absolute Gasteiger partial charge is 0.493 e. The molecule has 0 saturated carbocycles. The highest BCUT2D eigenvalue weighted by Gasteiger charge is 2.15. The minimum absolute atomic E-state index is 0.361. The van der Waals surface area contributed by atoms with Gasteiger partial charge >= 0.3 is 0 Å². The lowest BCUT2D eigenvalue weighted by Crippen LogP contribution is -2.13. The fourth-order valence-electron chi connectivity index (χ4n) is 1.70. The average Bonchev–Trinajstić information content (AvgIpc) is 2.64. The molecular formula is C11H14FNO. The molecule has 14 heavy (non-hydrogen) atoms. The summed E-state index contributed by atoms with van der Waals surface area (Å²) in [4.78, 5) is 0. The fourth-order valence-corrected chi connectivity index (χ4v) is 1.70. The van der Waals surface area contributed by atoms with Gasteiger partial charge in [-0.3, -0.25) is 0 Å². The Morgan fingerprint density at radius 2 is 2.43 bits per heavy atom. The molecule has 1 aliphatic heterocycles.